The first-order valence-corrected chi connectivity index (χ1v) is 6.60. The van der Waals surface area contributed by atoms with Crippen LogP contribution < -0.4 is 0 Å². The number of rotatable bonds is 4. The first-order valence-electron chi connectivity index (χ1n) is 6.60. The van der Waals surface area contributed by atoms with Crippen molar-refractivity contribution in [3.8, 4) is 6.07 Å². The molecule has 0 atom stereocenters. The van der Waals surface area contributed by atoms with Crippen LogP contribution in [-0.2, 0) is 11.3 Å². The van der Waals surface area contributed by atoms with Gasteiger partial charge >= 0.3 is 0 Å². The number of benzene rings is 1. The summed E-state index contributed by atoms with van der Waals surface area (Å²) in [5.74, 6) is 0. The Morgan fingerprint density at radius 2 is 2.05 bits per heavy atom. The molecule has 19 heavy (non-hydrogen) atoms. The molecule has 1 aliphatic rings. The Balaban J connectivity index is 1.97. The van der Waals surface area contributed by atoms with Gasteiger partial charge in [-0.05, 0) is 18.7 Å². The van der Waals surface area contributed by atoms with Crippen LogP contribution in [0.4, 0.5) is 0 Å². The summed E-state index contributed by atoms with van der Waals surface area (Å²) >= 11 is 0. The molecule has 0 bridgehead atoms. The van der Waals surface area contributed by atoms with Crippen LogP contribution in [0.2, 0.25) is 0 Å². The Hall–Kier alpha value is -1.41. The molecular weight excluding hydrogens is 240 g/mol. The van der Waals surface area contributed by atoms with Crippen molar-refractivity contribution in [2.24, 2.45) is 0 Å². The van der Waals surface area contributed by atoms with Crippen LogP contribution in [0.5, 0.6) is 0 Å². The predicted molar refractivity (Wildman–Crippen MR) is 72.5 cm³/mol. The molecule has 1 N–H and O–H groups in total. The Kier molecular flexibility index (Phi) is 4.54. The van der Waals surface area contributed by atoms with Crippen LogP contribution >= 0.6 is 0 Å². The molecule has 4 heteroatoms. The minimum atomic E-state index is -0.658. The summed E-state index contributed by atoms with van der Waals surface area (Å²) in [5, 5.41) is 19.5. The minimum Gasteiger partial charge on any atom is -0.388 e. The lowest BCUT2D eigenvalue weighted by Crippen LogP contribution is -2.45. The van der Waals surface area contributed by atoms with Crippen molar-refractivity contribution in [1.82, 2.24) is 4.90 Å². The van der Waals surface area contributed by atoms with E-state index in [0.717, 1.165) is 5.56 Å². The lowest BCUT2D eigenvalue weighted by atomic mass is 9.93. The van der Waals surface area contributed by atoms with Gasteiger partial charge in [-0.25, -0.2) is 0 Å². The van der Waals surface area contributed by atoms with Gasteiger partial charge in [-0.3, -0.25) is 4.90 Å². The summed E-state index contributed by atoms with van der Waals surface area (Å²) in [5.41, 5.74) is 1.05. The molecule has 0 spiro atoms. The molecule has 1 saturated heterocycles. The maximum absolute atomic E-state index is 10.5. The van der Waals surface area contributed by atoms with Crippen molar-refractivity contribution in [1.29, 1.82) is 5.26 Å². The van der Waals surface area contributed by atoms with Crippen LogP contribution in [0.15, 0.2) is 24.3 Å². The van der Waals surface area contributed by atoms with Crippen LogP contribution in [0, 0.1) is 11.3 Å². The number of likely N-dealkylation sites (N-methyl/N-ethyl adjacent to an activating group) is 1. The van der Waals surface area contributed by atoms with E-state index >= 15 is 0 Å². The Morgan fingerprint density at radius 3 is 2.74 bits per heavy atom. The maximum atomic E-state index is 10.5. The molecule has 1 aliphatic heterocycles. The molecule has 0 unspecified atom stereocenters. The third kappa shape index (κ3) is 3.77. The van der Waals surface area contributed by atoms with E-state index in [1.165, 1.54) is 0 Å². The Bertz CT molecular complexity index is 461. The second-order valence-corrected chi connectivity index (χ2v) is 5.28. The molecule has 2 rings (SSSR count). The molecule has 1 aromatic carbocycles. The molecule has 0 radical (unpaired) electrons. The van der Waals surface area contributed by atoms with Crippen LogP contribution in [-0.4, -0.2) is 42.4 Å². The molecule has 1 heterocycles. The number of nitriles is 1. The van der Waals surface area contributed by atoms with Crippen LogP contribution in [0.25, 0.3) is 0 Å². The summed E-state index contributed by atoms with van der Waals surface area (Å²) < 4.78 is 5.28. The fourth-order valence-electron chi connectivity index (χ4n) is 2.53. The van der Waals surface area contributed by atoms with E-state index in [4.69, 9.17) is 10.00 Å². The maximum Gasteiger partial charge on any atom is 0.0995 e. The van der Waals surface area contributed by atoms with E-state index in [1.54, 1.807) is 0 Å². The zero-order chi connectivity index (χ0) is 13.7. The Morgan fingerprint density at radius 1 is 1.37 bits per heavy atom. The Labute approximate surface area is 114 Å². The van der Waals surface area contributed by atoms with Crippen molar-refractivity contribution in [2.45, 2.75) is 25.0 Å². The first-order chi connectivity index (χ1) is 9.13. The molecule has 0 saturated carbocycles. The summed E-state index contributed by atoms with van der Waals surface area (Å²) in [6, 6.07) is 9.80. The largest absolute Gasteiger partial charge is 0.388 e. The fraction of sp³-hybridized carbons (Fsp3) is 0.533. The normalized spacial score (nSPS) is 18.2. The summed E-state index contributed by atoms with van der Waals surface area (Å²) in [6.07, 6.45) is 1.36. The number of hydrogen-bond donors (Lipinski definition) is 1. The summed E-state index contributed by atoms with van der Waals surface area (Å²) in [7, 11) is 1.97. The van der Waals surface area contributed by atoms with Gasteiger partial charge in [0.15, 0.2) is 0 Å². The highest BCUT2D eigenvalue weighted by Crippen LogP contribution is 2.22. The molecule has 4 nitrogen and oxygen atoms in total. The van der Waals surface area contributed by atoms with Crippen molar-refractivity contribution in [3.63, 3.8) is 0 Å². The highest BCUT2D eigenvalue weighted by molar-refractivity contribution is 5.37. The SMILES string of the molecule is CN(Cc1ccccc1C#N)CC1(O)CCOCC1. The average Bonchev–Trinajstić information content (AvgIpc) is 2.39. The second kappa shape index (κ2) is 6.16. The van der Waals surface area contributed by atoms with Gasteiger partial charge in [-0.15, -0.1) is 0 Å². The number of nitrogens with zero attached hydrogens (tertiary/aromatic N) is 2. The van der Waals surface area contributed by atoms with Crippen molar-refractivity contribution in [3.05, 3.63) is 35.4 Å². The van der Waals surface area contributed by atoms with Gasteiger partial charge in [0.05, 0.1) is 17.2 Å². The monoisotopic (exact) mass is 260 g/mol. The van der Waals surface area contributed by atoms with E-state index < -0.39 is 5.60 Å². The quantitative estimate of drug-likeness (QED) is 0.892. The third-order valence-corrected chi connectivity index (χ3v) is 3.57. The molecular formula is C15H20N2O2. The predicted octanol–water partition coefficient (Wildman–Crippen LogP) is 1.53. The van der Waals surface area contributed by atoms with E-state index in [0.29, 0.717) is 44.7 Å². The van der Waals surface area contributed by atoms with Crippen molar-refractivity contribution >= 4 is 0 Å². The third-order valence-electron chi connectivity index (χ3n) is 3.57. The topological polar surface area (TPSA) is 56.5 Å². The van der Waals surface area contributed by atoms with Gasteiger partial charge in [0.1, 0.15) is 0 Å². The zero-order valence-corrected chi connectivity index (χ0v) is 11.3. The highest BCUT2D eigenvalue weighted by Gasteiger charge is 2.31. The molecule has 0 amide bonds. The second-order valence-electron chi connectivity index (χ2n) is 5.28. The van der Waals surface area contributed by atoms with Gasteiger partial charge in [0.25, 0.3) is 0 Å². The molecule has 0 aliphatic carbocycles. The first kappa shape index (κ1) is 14.0. The number of hydrogen-bond acceptors (Lipinski definition) is 4. The highest BCUT2D eigenvalue weighted by atomic mass is 16.5. The van der Waals surface area contributed by atoms with Gasteiger partial charge in [-0.2, -0.15) is 5.26 Å². The smallest absolute Gasteiger partial charge is 0.0995 e. The van der Waals surface area contributed by atoms with E-state index in [9.17, 15) is 5.11 Å². The number of ether oxygens (including phenoxy) is 1. The standard InChI is InChI=1S/C15H20N2O2/c1-17(12-15(18)6-8-19-9-7-15)11-14-5-3-2-4-13(14)10-16/h2-5,18H,6-9,11-12H2,1H3. The molecule has 1 fully saturated rings. The molecule has 102 valence electrons. The lowest BCUT2D eigenvalue weighted by molar-refractivity contribution is -0.0777. The summed E-state index contributed by atoms with van der Waals surface area (Å²) in [4.78, 5) is 2.07. The van der Waals surface area contributed by atoms with Gasteiger partial charge in [0, 0.05) is 39.1 Å². The fourth-order valence-corrected chi connectivity index (χ4v) is 2.53. The molecule has 1 aromatic rings. The van der Waals surface area contributed by atoms with Crippen molar-refractivity contribution in [2.75, 3.05) is 26.8 Å². The van der Waals surface area contributed by atoms with E-state index in [2.05, 4.69) is 11.0 Å². The minimum absolute atomic E-state index is 0.607. The van der Waals surface area contributed by atoms with Gasteiger partial charge in [0.2, 0.25) is 0 Å². The van der Waals surface area contributed by atoms with E-state index in [-0.39, 0.29) is 0 Å². The summed E-state index contributed by atoms with van der Waals surface area (Å²) in [6.45, 7) is 2.53. The van der Waals surface area contributed by atoms with Gasteiger partial charge < -0.3 is 9.84 Å². The zero-order valence-electron chi connectivity index (χ0n) is 11.3. The van der Waals surface area contributed by atoms with Crippen molar-refractivity contribution < 1.29 is 9.84 Å². The van der Waals surface area contributed by atoms with Crippen LogP contribution in [0.3, 0.4) is 0 Å². The average molecular weight is 260 g/mol. The van der Waals surface area contributed by atoms with E-state index in [1.807, 2.05) is 31.3 Å². The molecule has 0 aromatic heterocycles. The van der Waals surface area contributed by atoms with Crippen LogP contribution in [0.1, 0.15) is 24.0 Å². The lowest BCUT2D eigenvalue weighted by Gasteiger charge is -2.35. The van der Waals surface area contributed by atoms with Gasteiger partial charge in [-0.1, -0.05) is 18.2 Å². The number of aliphatic hydroxyl groups is 1.